The normalized spacial score (nSPS) is 10.6. The molecule has 0 aliphatic heterocycles. The molecule has 0 atom stereocenters. The van der Waals surface area contributed by atoms with E-state index >= 15 is 0 Å². The van der Waals surface area contributed by atoms with Gasteiger partial charge in [0.05, 0.1) is 17.8 Å². The van der Waals surface area contributed by atoms with Crippen LogP contribution in [0.4, 0.5) is 0 Å². The molecule has 0 aromatic carbocycles. The Labute approximate surface area is 106 Å². The molecule has 2 aromatic rings. The van der Waals surface area contributed by atoms with Gasteiger partial charge in [0.25, 0.3) is 0 Å². The first-order valence-corrected chi connectivity index (χ1v) is 6.64. The Morgan fingerprint density at radius 2 is 2.41 bits per heavy atom. The lowest BCUT2D eigenvalue weighted by atomic mass is 10.3. The molecule has 2 rings (SSSR count). The van der Waals surface area contributed by atoms with Crippen molar-refractivity contribution in [3.8, 4) is 0 Å². The Hall–Kier alpha value is -1.41. The summed E-state index contributed by atoms with van der Waals surface area (Å²) in [7, 11) is 1.82. The molecule has 2 aromatic heterocycles. The van der Waals surface area contributed by atoms with Gasteiger partial charge >= 0.3 is 5.97 Å². The van der Waals surface area contributed by atoms with Crippen molar-refractivity contribution in [2.24, 2.45) is 7.05 Å². The van der Waals surface area contributed by atoms with E-state index in [1.807, 2.05) is 13.2 Å². The van der Waals surface area contributed by atoms with Crippen LogP contribution >= 0.6 is 23.1 Å². The number of thiazole rings is 1. The van der Waals surface area contributed by atoms with Crippen molar-refractivity contribution in [3.05, 3.63) is 23.0 Å². The molecule has 0 aliphatic carbocycles. The summed E-state index contributed by atoms with van der Waals surface area (Å²) in [4.78, 5) is 14.7. The number of aromatic nitrogens is 4. The molecule has 0 amide bonds. The number of aryl methyl sites for hydroxylation is 1. The molecule has 0 radical (unpaired) electrons. The summed E-state index contributed by atoms with van der Waals surface area (Å²) in [5, 5.41) is 18.2. The second-order valence-corrected chi connectivity index (χ2v) is 5.43. The highest BCUT2D eigenvalue weighted by molar-refractivity contribution is 8.00. The van der Waals surface area contributed by atoms with Crippen molar-refractivity contribution in [2.75, 3.05) is 0 Å². The van der Waals surface area contributed by atoms with E-state index in [4.69, 9.17) is 5.11 Å². The Morgan fingerprint density at radius 1 is 1.59 bits per heavy atom. The monoisotopic (exact) mass is 270 g/mol. The molecule has 8 heteroatoms. The molecule has 0 aliphatic rings. The smallest absolute Gasteiger partial charge is 0.309 e. The fourth-order valence-corrected chi connectivity index (χ4v) is 2.91. The highest BCUT2D eigenvalue weighted by atomic mass is 32.2. The van der Waals surface area contributed by atoms with Gasteiger partial charge in [0.1, 0.15) is 0 Å². The molecule has 0 spiro atoms. The predicted molar refractivity (Wildman–Crippen MR) is 64.0 cm³/mol. The standard InChI is InChI=1S/C9H10N4O2S2/c1-13-3-7(11-12-13)5-17-9-10-6(4-16-9)2-8(14)15/h3-4H,2,5H2,1H3,(H,14,15). The quantitative estimate of drug-likeness (QED) is 0.822. The van der Waals surface area contributed by atoms with Crippen molar-refractivity contribution in [1.82, 2.24) is 20.0 Å². The first-order chi connectivity index (χ1) is 8.13. The Morgan fingerprint density at radius 3 is 3.06 bits per heavy atom. The van der Waals surface area contributed by atoms with E-state index in [-0.39, 0.29) is 6.42 Å². The summed E-state index contributed by atoms with van der Waals surface area (Å²) in [5.74, 6) is -0.172. The van der Waals surface area contributed by atoms with E-state index in [1.54, 1.807) is 10.1 Å². The molecule has 90 valence electrons. The largest absolute Gasteiger partial charge is 0.481 e. The average Bonchev–Trinajstić information content (AvgIpc) is 2.84. The van der Waals surface area contributed by atoms with Gasteiger partial charge < -0.3 is 5.11 Å². The van der Waals surface area contributed by atoms with Crippen LogP contribution in [0.15, 0.2) is 15.9 Å². The highest BCUT2D eigenvalue weighted by Crippen LogP contribution is 2.25. The molecule has 2 heterocycles. The van der Waals surface area contributed by atoms with Crippen LogP contribution in [0.3, 0.4) is 0 Å². The molecule has 0 fully saturated rings. The number of carboxylic acids is 1. The zero-order valence-electron chi connectivity index (χ0n) is 9.03. The number of nitrogens with zero attached hydrogens (tertiary/aromatic N) is 4. The molecule has 0 unspecified atom stereocenters. The maximum Gasteiger partial charge on any atom is 0.309 e. The molecular formula is C9H10N4O2S2. The zero-order chi connectivity index (χ0) is 12.3. The van der Waals surface area contributed by atoms with Crippen LogP contribution in [0.1, 0.15) is 11.4 Å². The Bertz CT molecular complexity index is 523. The van der Waals surface area contributed by atoms with Crippen LogP contribution in [0.2, 0.25) is 0 Å². The third kappa shape index (κ3) is 3.53. The molecule has 1 N–H and O–H groups in total. The minimum absolute atomic E-state index is 0.0256. The summed E-state index contributed by atoms with van der Waals surface area (Å²) >= 11 is 2.98. The summed E-state index contributed by atoms with van der Waals surface area (Å²) in [6.07, 6.45) is 1.82. The lowest BCUT2D eigenvalue weighted by Crippen LogP contribution is -1.99. The van der Waals surface area contributed by atoms with Gasteiger partial charge in [-0.15, -0.1) is 16.4 Å². The molecule has 0 bridgehead atoms. The van der Waals surface area contributed by atoms with Crippen molar-refractivity contribution in [1.29, 1.82) is 0 Å². The van der Waals surface area contributed by atoms with Gasteiger partial charge in [-0.25, -0.2) is 4.98 Å². The van der Waals surface area contributed by atoms with E-state index in [2.05, 4.69) is 15.3 Å². The Balaban J connectivity index is 1.91. The summed E-state index contributed by atoms with van der Waals surface area (Å²) in [5.41, 5.74) is 1.48. The summed E-state index contributed by atoms with van der Waals surface area (Å²) < 4.78 is 2.50. The van der Waals surface area contributed by atoms with E-state index in [0.717, 1.165) is 10.0 Å². The number of hydrogen-bond acceptors (Lipinski definition) is 6. The lowest BCUT2D eigenvalue weighted by molar-refractivity contribution is -0.136. The average molecular weight is 270 g/mol. The molecule has 6 nitrogen and oxygen atoms in total. The fourth-order valence-electron chi connectivity index (χ4n) is 1.19. The molecule has 17 heavy (non-hydrogen) atoms. The number of rotatable bonds is 5. The zero-order valence-corrected chi connectivity index (χ0v) is 10.7. The van der Waals surface area contributed by atoms with Crippen molar-refractivity contribution >= 4 is 29.1 Å². The first-order valence-electron chi connectivity index (χ1n) is 4.77. The number of hydrogen-bond donors (Lipinski definition) is 1. The van der Waals surface area contributed by atoms with Crippen LogP contribution < -0.4 is 0 Å². The number of carbonyl (C=O) groups is 1. The SMILES string of the molecule is Cn1cc(CSc2nc(CC(=O)O)cs2)nn1. The van der Waals surface area contributed by atoms with Crippen LogP contribution in [0.5, 0.6) is 0 Å². The highest BCUT2D eigenvalue weighted by Gasteiger charge is 2.07. The minimum Gasteiger partial charge on any atom is -0.481 e. The maximum absolute atomic E-state index is 10.5. The van der Waals surface area contributed by atoms with Crippen molar-refractivity contribution in [3.63, 3.8) is 0 Å². The molecule has 0 saturated heterocycles. The third-order valence-electron chi connectivity index (χ3n) is 1.86. The number of thioether (sulfide) groups is 1. The van der Waals surface area contributed by atoms with Gasteiger partial charge in [0.2, 0.25) is 0 Å². The topological polar surface area (TPSA) is 80.9 Å². The van der Waals surface area contributed by atoms with E-state index in [1.165, 1.54) is 23.1 Å². The van der Waals surface area contributed by atoms with Gasteiger partial charge in [0.15, 0.2) is 4.34 Å². The second kappa shape index (κ2) is 5.28. The van der Waals surface area contributed by atoms with Gasteiger partial charge in [-0.2, -0.15) is 0 Å². The summed E-state index contributed by atoms with van der Waals surface area (Å²) in [6, 6.07) is 0. The van der Waals surface area contributed by atoms with E-state index in [9.17, 15) is 4.79 Å². The van der Waals surface area contributed by atoms with Gasteiger partial charge in [-0.05, 0) is 0 Å². The van der Waals surface area contributed by atoms with Crippen LogP contribution in [0.25, 0.3) is 0 Å². The first kappa shape index (κ1) is 12.1. The second-order valence-electron chi connectivity index (χ2n) is 3.35. The minimum atomic E-state index is -0.860. The maximum atomic E-state index is 10.5. The van der Waals surface area contributed by atoms with Crippen LogP contribution in [-0.4, -0.2) is 31.1 Å². The lowest BCUT2D eigenvalue weighted by Gasteiger charge is -1.92. The number of carboxylic acid groups (broad SMARTS) is 1. The van der Waals surface area contributed by atoms with Gasteiger partial charge in [-0.1, -0.05) is 17.0 Å². The third-order valence-corrected chi connectivity index (χ3v) is 3.96. The van der Waals surface area contributed by atoms with E-state index in [0.29, 0.717) is 11.4 Å². The molecular weight excluding hydrogens is 260 g/mol. The van der Waals surface area contributed by atoms with Gasteiger partial charge in [0, 0.05) is 24.4 Å². The van der Waals surface area contributed by atoms with Crippen LogP contribution in [-0.2, 0) is 24.0 Å². The molecule has 0 saturated carbocycles. The fraction of sp³-hybridized carbons (Fsp3) is 0.333. The Kier molecular flexibility index (Phi) is 3.75. The van der Waals surface area contributed by atoms with Crippen molar-refractivity contribution < 1.29 is 9.90 Å². The van der Waals surface area contributed by atoms with Gasteiger partial charge in [-0.3, -0.25) is 9.48 Å². The summed E-state index contributed by atoms with van der Waals surface area (Å²) in [6.45, 7) is 0. The number of aliphatic carboxylic acids is 1. The predicted octanol–water partition coefficient (Wildman–Crippen LogP) is 1.19. The van der Waals surface area contributed by atoms with E-state index < -0.39 is 5.97 Å². The van der Waals surface area contributed by atoms with Crippen molar-refractivity contribution in [2.45, 2.75) is 16.5 Å². The van der Waals surface area contributed by atoms with Crippen LogP contribution in [0, 0.1) is 0 Å².